The molecule has 0 aromatic heterocycles. The Bertz CT molecular complexity index is 1220. The summed E-state index contributed by atoms with van der Waals surface area (Å²) in [6, 6.07) is 38.4. The number of esters is 1. The molecule has 0 heterocycles. The summed E-state index contributed by atoms with van der Waals surface area (Å²) in [5.74, 6) is -0.397. The summed E-state index contributed by atoms with van der Waals surface area (Å²) in [4.78, 5) is 12.7. The number of nitrogens with one attached hydrogen (secondary N) is 1. The first-order valence-corrected chi connectivity index (χ1v) is 11.7. The van der Waals surface area contributed by atoms with E-state index in [2.05, 4.69) is 41.8 Å². The third kappa shape index (κ3) is 5.49. The van der Waals surface area contributed by atoms with E-state index in [0.717, 1.165) is 33.7 Å². The maximum absolute atomic E-state index is 12.7. The monoisotopic (exact) mass is 462 g/mol. The Morgan fingerprint density at radius 2 is 1.17 bits per heavy atom. The summed E-state index contributed by atoms with van der Waals surface area (Å²) < 4.78 is 5.14. The van der Waals surface area contributed by atoms with E-state index in [4.69, 9.17) is 9.84 Å². The molecule has 4 aromatic rings. The van der Waals surface area contributed by atoms with Crippen LogP contribution in [0.2, 0.25) is 0 Å². The minimum Gasteiger partial charge on any atom is -0.469 e. The van der Waals surface area contributed by atoms with Gasteiger partial charge >= 0.3 is 5.97 Å². The topological polar surface area (TPSA) is 50.7 Å². The first-order valence-electron chi connectivity index (χ1n) is 11.7. The highest BCUT2D eigenvalue weighted by Gasteiger charge is 2.39. The zero-order valence-corrected chi connectivity index (χ0v) is 20.3. The Labute approximate surface area is 207 Å². The van der Waals surface area contributed by atoms with Gasteiger partial charge in [0.2, 0.25) is 0 Å². The number of hydrogen-bond acceptors (Lipinski definition) is 4. The molecule has 0 radical (unpaired) electrons. The molecule has 0 saturated carbocycles. The molecule has 0 aliphatic heterocycles. The Morgan fingerprint density at radius 1 is 0.714 bits per heavy atom. The fourth-order valence-electron chi connectivity index (χ4n) is 4.41. The Hall–Kier alpha value is -4.18. The van der Waals surface area contributed by atoms with Gasteiger partial charge in [-0.2, -0.15) is 5.10 Å². The van der Waals surface area contributed by atoms with E-state index < -0.39 is 5.41 Å². The van der Waals surface area contributed by atoms with Crippen molar-refractivity contribution in [3.63, 3.8) is 0 Å². The quantitative estimate of drug-likeness (QED) is 0.176. The van der Waals surface area contributed by atoms with E-state index in [-0.39, 0.29) is 11.9 Å². The van der Waals surface area contributed by atoms with Crippen molar-refractivity contribution in [1.29, 1.82) is 0 Å². The number of carbonyl (C=O) groups is 1. The molecule has 0 saturated heterocycles. The molecule has 1 N–H and O–H groups in total. The molecule has 4 heteroatoms. The van der Waals surface area contributed by atoms with Gasteiger partial charge in [-0.05, 0) is 37.1 Å². The predicted molar refractivity (Wildman–Crippen MR) is 143 cm³/mol. The number of hydrogen-bond donors (Lipinski definition) is 1. The Morgan fingerprint density at radius 3 is 1.66 bits per heavy atom. The summed E-state index contributed by atoms with van der Waals surface area (Å²) in [7, 11) is 1.44. The Kier molecular flexibility index (Phi) is 7.41. The number of benzene rings is 4. The van der Waals surface area contributed by atoms with Crippen LogP contribution in [0.1, 0.15) is 42.0 Å². The zero-order valence-electron chi connectivity index (χ0n) is 20.3. The van der Waals surface area contributed by atoms with Gasteiger partial charge in [0.1, 0.15) is 0 Å². The lowest BCUT2D eigenvalue weighted by Crippen LogP contribution is -2.33. The lowest BCUT2D eigenvalue weighted by atomic mass is 9.71. The van der Waals surface area contributed by atoms with Gasteiger partial charge in [0, 0.05) is 17.0 Å². The zero-order chi connectivity index (χ0) is 24.7. The van der Waals surface area contributed by atoms with E-state index in [1.165, 1.54) is 7.11 Å². The maximum atomic E-state index is 12.7. The van der Waals surface area contributed by atoms with Gasteiger partial charge in [-0.25, -0.2) is 0 Å². The molecule has 4 nitrogen and oxygen atoms in total. The maximum Gasteiger partial charge on any atom is 0.312 e. The van der Waals surface area contributed by atoms with Crippen molar-refractivity contribution in [2.75, 3.05) is 12.5 Å². The van der Waals surface area contributed by atoms with Gasteiger partial charge in [-0.3, -0.25) is 10.2 Å². The van der Waals surface area contributed by atoms with Gasteiger partial charge in [0.15, 0.2) is 0 Å². The van der Waals surface area contributed by atoms with Crippen LogP contribution in [-0.2, 0) is 9.53 Å². The van der Waals surface area contributed by atoms with Crippen molar-refractivity contribution in [2.45, 2.75) is 19.8 Å². The van der Waals surface area contributed by atoms with Crippen molar-refractivity contribution < 1.29 is 9.53 Å². The molecule has 0 amide bonds. The summed E-state index contributed by atoms with van der Waals surface area (Å²) in [5, 5.41) is 4.75. The van der Waals surface area contributed by atoms with Crippen LogP contribution >= 0.6 is 0 Å². The van der Waals surface area contributed by atoms with Crippen LogP contribution in [0, 0.1) is 5.41 Å². The Balaban J connectivity index is 1.65. The molecule has 4 rings (SSSR count). The van der Waals surface area contributed by atoms with Crippen LogP contribution in [0.15, 0.2) is 120 Å². The lowest BCUT2D eigenvalue weighted by Gasteiger charge is -2.32. The average molecular weight is 463 g/mol. The highest BCUT2D eigenvalue weighted by atomic mass is 16.5. The van der Waals surface area contributed by atoms with Crippen molar-refractivity contribution >= 4 is 17.4 Å². The second-order valence-electron chi connectivity index (χ2n) is 8.98. The molecule has 0 aliphatic carbocycles. The molecule has 0 aliphatic rings. The molecule has 176 valence electrons. The SMILES string of the molecule is COC(=O)C(C)(C)C(c1ccccc1)c1ccc(NN=C(c2ccccc2)c2ccccc2)cc1. The number of hydrazone groups is 1. The minimum atomic E-state index is -0.739. The molecule has 35 heavy (non-hydrogen) atoms. The summed E-state index contributed by atoms with van der Waals surface area (Å²) in [5.41, 5.74) is 8.37. The fraction of sp³-hybridized carbons (Fsp3) is 0.161. The predicted octanol–water partition coefficient (Wildman–Crippen LogP) is 6.88. The number of carbonyl (C=O) groups excluding carboxylic acids is 1. The van der Waals surface area contributed by atoms with Crippen LogP contribution in [-0.4, -0.2) is 18.8 Å². The van der Waals surface area contributed by atoms with Crippen molar-refractivity contribution in [1.82, 2.24) is 0 Å². The van der Waals surface area contributed by atoms with Gasteiger partial charge in [-0.1, -0.05) is 103 Å². The van der Waals surface area contributed by atoms with Crippen LogP contribution in [0.4, 0.5) is 5.69 Å². The summed E-state index contributed by atoms with van der Waals surface area (Å²) in [6.07, 6.45) is 0. The van der Waals surface area contributed by atoms with Crippen molar-refractivity contribution in [3.8, 4) is 0 Å². The summed E-state index contributed by atoms with van der Waals surface area (Å²) >= 11 is 0. The third-order valence-corrected chi connectivity index (χ3v) is 6.20. The molecule has 0 spiro atoms. The lowest BCUT2D eigenvalue weighted by molar-refractivity contribution is -0.151. The third-order valence-electron chi connectivity index (χ3n) is 6.20. The minimum absolute atomic E-state index is 0.155. The van der Waals surface area contributed by atoms with Crippen LogP contribution in [0.5, 0.6) is 0 Å². The number of nitrogens with zero attached hydrogens (tertiary/aromatic N) is 1. The molecule has 0 fully saturated rings. The summed E-state index contributed by atoms with van der Waals surface area (Å²) in [6.45, 7) is 3.86. The molecular weight excluding hydrogens is 432 g/mol. The second-order valence-corrected chi connectivity index (χ2v) is 8.98. The highest BCUT2D eigenvalue weighted by Crippen LogP contribution is 2.42. The van der Waals surface area contributed by atoms with Crippen molar-refractivity contribution in [2.24, 2.45) is 10.5 Å². The first kappa shape index (κ1) is 24.0. The van der Waals surface area contributed by atoms with E-state index in [9.17, 15) is 4.79 Å². The van der Waals surface area contributed by atoms with Gasteiger partial charge in [0.25, 0.3) is 0 Å². The van der Waals surface area contributed by atoms with Crippen LogP contribution in [0.3, 0.4) is 0 Å². The van der Waals surface area contributed by atoms with Crippen molar-refractivity contribution in [3.05, 3.63) is 138 Å². The second kappa shape index (κ2) is 10.8. The number of methoxy groups -OCH3 is 1. The van der Waals surface area contributed by atoms with Gasteiger partial charge in [-0.15, -0.1) is 0 Å². The largest absolute Gasteiger partial charge is 0.469 e. The fourth-order valence-corrected chi connectivity index (χ4v) is 4.41. The smallest absolute Gasteiger partial charge is 0.312 e. The number of rotatable bonds is 8. The number of anilines is 1. The standard InChI is InChI=1S/C31H30N2O2/c1-31(2,30(34)35-3)28(23-13-7-4-8-14-23)24-19-21-27(22-20-24)32-33-29(25-15-9-5-10-16-25)26-17-11-6-12-18-26/h4-22,28,32H,1-3H3. The molecule has 4 aromatic carbocycles. The van der Waals surface area contributed by atoms with Gasteiger partial charge < -0.3 is 4.74 Å². The van der Waals surface area contributed by atoms with E-state index in [1.54, 1.807) is 0 Å². The molecular formula is C31H30N2O2. The first-order chi connectivity index (χ1) is 17.0. The molecule has 0 bridgehead atoms. The van der Waals surface area contributed by atoms with Crippen LogP contribution < -0.4 is 5.43 Å². The number of ether oxygens (including phenoxy) is 1. The molecule has 1 unspecified atom stereocenters. The highest BCUT2D eigenvalue weighted by molar-refractivity contribution is 6.13. The average Bonchev–Trinajstić information content (AvgIpc) is 2.91. The van der Waals surface area contributed by atoms with E-state index in [0.29, 0.717) is 0 Å². The van der Waals surface area contributed by atoms with Crippen LogP contribution in [0.25, 0.3) is 0 Å². The molecule has 1 atom stereocenters. The van der Waals surface area contributed by atoms with E-state index >= 15 is 0 Å². The van der Waals surface area contributed by atoms with E-state index in [1.807, 2.05) is 92.7 Å². The normalized spacial score (nSPS) is 11.9. The van der Waals surface area contributed by atoms with Gasteiger partial charge in [0.05, 0.1) is 23.9 Å².